The summed E-state index contributed by atoms with van der Waals surface area (Å²) in [7, 11) is 3.16. The first-order chi connectivity index (χ1) is 13.0. The van der Waals surface area contributed by atoms with Gasteiger partial charge in [0.2, 0.25) is 0 Å². The number of fused-ring (bicyclic) bond motifs is 1. The van der Waals surface area contributed by atoms with Gasteiger partial charge < -0.3 is 24.1 Å². The molecule has 1 aromatic carbocycles. The molecule has 27 heavy (non-hydrogen) atoms. The van der Waals surface area contributed by atoms with Crippen LogP contribution in [0.3, 0.4) is 0 Å². The predicted octanol–water partition coefficient (Wildman–Crippen LogP) is 3.83. The Balaban J connectivity index is 2.27. The zero-order valence-corrected chi connectivity index (χ0v) is 16.8. The fraction of sp³-hybridized carbons (Fsp3) is 0.667. The van der Waals surface area contributed by atoms with E-state index in [1.165, 1.54) is 0 Å². The van der Waals surface area contributed by atoms with Crippen LogP contribution < -0.4 is 14.2 Å². The molecule has 1 N–H and O–H groups in total. The van der Waals surface area contributed by atoms with Gasteiger partial charge in [0.25, 0.3) is 0 Å². The Morgan fingerprint density at radius 2 is 1.96 bits per heavy atom. The molecule has 1 aliphatic heterocycles. The number of benzene rings is 1. The zero-order valence-electron chi connectivity index (χ0n) is 16.8. The van der Waals surface area contributed by atoms with Crippen molar-refractivity contribution in [1.29, 1.82) is 0 Å². The van der Waals surface area contributed by atoms with Crippen LogP contribution in [0.1, 0.15) is 63.9 Å². The Kier molecular flexibility index (Phi) is 8.23. The van der Waals surface area contributed by atoms with Crippen LogP contribution in [0.4, 0.5) is 0 Å². The number of hydrogen-bond donors (Lipinski definition) is 1. The third kappa shape index (κ3) is 5.28. The van der Waals surface area contributed by atoms with Crippen molar-refractivity contribution in [2.75, 3.05) is 20.8 Å². The first kappa shape index (κ1) is 21.4. The minimum atomic E-state index is -0.621. The van der Waals surface area contributed by atoms with Crippen molar-refractivity contribution in [1.82, 2.24) is 0 Å². The Labute approximate surface area is 161 Å². The Bertz CT molecular complexity index is 615. The zero-order chi connectivity index (χ0) is 19.8. The predicted molar refractivity (Wildman–Crippen MR) is 103 cm³/mol. The standard InChI is InChI=1S/C21H32O6/c1-5-7-8-9-10-15(22)20-18(13-19(23)26-6-2)27-17-12-14(24-3)11-16(25-4)21(17)20/h11-12,15,18,20,22H,5-10,13H2,1-4H3/t15-,18-,20-/m1/s1. The van der Waals surface area contributed by atoms with Crippen molar-refractivity contribution in [2.24, 2.45) is 0 Å². The molecule has 0 aliphatic carbocycles. The monoisotopic (exact) mass is 380 g/mol. The molecule has 1 heterocycles. The van der Waals surface area contributed by atoms with Gasteiger partial charge in [0.05, 0.1) is 39.3 Å². The molecule has 0 saturated heterocycles. The highest BCUT2D eigenvalue weighted by Gasteiger charge is 2.42. The molecule has 0 radical (unpaired) electrons. The Hall–Kier alpha value is -1.95. The van der Waals surface area contributed by atoms with Crippen LogP contribution in [0, 0.1) is 0 Å². The molecule has 152 valence electrons. The van der Waals surface area contributed by atoms with Gasteiger partial charge in [-0.25, -0.2) is 0 Å². The largest absolute Gasteiger partial charge is 0.496 e. The maximum absolute atomic E-state index is 12.1. The molecule has 6 nitrogen and oxygen atoms in total. The normalized spacial score (nSPS) is 19.1. The van der Waals surface area contributed by atoms with Crippen molar-refractivity contribution >= 4 is 5.97 Å². The minimum absolute atomic E-state index is 0.0880. The van der Waals surface area contributed by atoms with E-state index in [0.717, 1.165) is 31.2 Å². The Morgan fingerprint density at radius 3 is 2.59 bits per heavy atom. The van der Waals surface area contributed by atoms with Crippen LogP contribution in [-0.2, 0) is 9.53 Å². The summed E-state index contributed by atoms with van der Waals surface area (Å²) in [5.74, 6) is 1.14. The molecule has 1 aromatic rings. The van der Waals surface area contributed by atoms with Crippen molar-refractivity contribution < 1.29 is 28.8 Å². The minimum Gasteiger partial charge on any atom is -0.496 e. The summed E-state index contributed by atoms with van der Waals surface area (Å²) >= 11 is 0. The first-order valence-corrected chi connectivity index (χ1v) is 9.81. The molecular weight excluding hydrogens is 348 g/mol. The second-order valence-electron chi connectivity index (χ2n) is 6.85. The lowest BCUT2D eigenvalue weighted by Gasteiger charge is -2.24. The molecule has 0 amide bonds. The summed E-state index contributed by atoms with van der Waals surface area (Å²) in [5.41, 5.74) is 0.801. The summed E-state index contributed by atoms with van der Waals surface area (Å²) in [6.07, 6.45) is 3.95. The van der Waals surface area contributed by atoms with Crippen molar-refractivity contribution in [3.05, 3.63) is 17.7 Å². The topological polar surface area (TPSA) is 74.2 Å². The second kappa shape index (κ2) is 10.4. The molecule has 0 bridgehead atoms. The third-order valence-corrected chi connectivity index (χ3v) is 4.99. The molecule has 2 rings (SSSR count). The number of carbonyl (C=O) groups excluding carboxylic acids is 1. The number of aliphatic hydroxyl groups excluding tert-OH is 1. The quantitative estimate of drug-likeness (QED) is 0.464. The lowest BCUT2D eigenvalue weighted by Crippen LogP contribution is -2.31. The van der Waals surface area contributed by atoms with Gasteiger partial charge in [-0.2, -0.15) is 0 Å². The summed E-state index contributed by atoms with van der Waals surface area (Å²) in [5, 5.41) is 10.9. The van der Waals surface area contributed by atoms with Gasteiger partial charge in [-0.05, 0) is 13.3 Å². The second-order valence-corrected chi connectivity index (χ2v) is 6.85. The van der Waals surface area contributed by atoms with E-state index < -0.39 is 12.2 Å². The van der Waals surface area contributed by atoms with E-state index in [2.05, 4.69) is 6.92 Å². The third-order valence-electron chi connectivity index (χ3n) is 4.99. The van der Waals surface area contributed by atoms with Crippen molar-refractivity contribution in [3.63, 3.8) is 0 Å². The van der Waals surface area contributed by atoms with Gasteiger partial charge in [0, 0.05) is 17.7 Å². The molecule has 0 unspecified atom stereocenters. The van der Waals surface area contributed by atoms with Gasteiger partial charge in [0.1, 0.15) is 23.4 Å². The van der Waals surface area contributed by atoms with E-state index in [1.54, 1.807) is 33.3 Å². The number of esters is 1. The van der Waals surface area contributed by atoms with E-state index in [0.29, 0.717) is 30.3 Å². The van der Waals surface area contributed by atoms with Crippen molar-refractivity contribution in [2.45, 2.75) is 70.5 Å². The molecule has 0 aromatic heterocycles. The van der Waals surface area contributed by atoms with Gasteiger partial charge in [-0.3, -0.25) is 4.79 Å². The van der Waals surface area contributed by atoms with Crippen LogP contribution >= 0.6 is 0 Å². The van der Waals surface area contributed by atoms with Crippen LogP contribution in [0.2, 0.25) is 0 Å². The molecule has 1 aliphatic rings. The molecule has 0 spiro atoms. The number of aliphatic hydroxyl groups is 1. The highest BCUT2D eigenvalue weighted by Crippen LogP contribution is 2.49. The summed E-state index contributed by atoms with van der Waals surface area (Å²) < 4.78 is 22.0. The Morgan fingerprint density at radius 1 is 1.19 bits per heavy atom. The maximum atomic E-state index is 12.1. The molecule has 3 atom stereocenters. The number of hydrogen-bond acceptors (Lipinski definition) is 6. The van der Waals surface area contributed by atoms with Gasteiger partial charge in [-0.1, -0.05) is 32.6 Å². The summed E-state index contributed by atoms with van der Waals surface area (Å²) in [6.45, 7) is 4.25. The SMILES string of the molecule is CCCCCC[C@@H](O)[C@H]1c2c(OC)cc(OC)cc2O[C@@H]1CC(=O)OCC. The molecular formula is C21H32O6. The fourth-order valence-corrected chi connectivity index (χ4v) is 3.66. The van der Waals surface area contributed by atoms with E-state index in [9.17, 15) is 9.90 Å². The van der Waals surface area contributed by atoms with E-state index in [1.807, 2.05) is 0 Å². The fourth-order valence-electron chi connectivity index (χ4n) is 3.66. The van der Waals surface area contributed by atoms with Crippen LogP contribution in [0.15, 0.2) is 12.1 Å². The summed E-state index contributed by atoms with van der Waals surface area (Å²) in [6, 6.07) is 3.56. The first-order valence-electron chi connectivity index (χ1n) is 9.81. The highest BCUT2D eigenvalue weighted by molar-refractivity contribution is 5.71. The molecule has 0 saturated carbocycles. The number of methoxy groups -OCH3 is 2. The number of unbranched alkanes of at least 4 members (excludes halogenated alkanes) is 3. The highest BCUT2D eigenvalue weighted by atomic mass is 16.5. The van der Waals surface area contributed by atoms with E-state index in [-0.39, 0.29) is 18.3 Å². The molecule has 0 fully saturated rings. The van der Waals surface area contributed by atoms with Crippen LogP contribution in [0.25, 0.3) is 0 Å². The molecule has 6 heteroatoms. The lowest BCUT2D eigenvalue weighted by atomic mass is 9.85. The van der Waals surface area contributed by atoms with E-state index >= 15 is 0 Å². The smallest absolute Gasteiger partial charge is 0.309 e. The van der Waals surface area contributed by atoms with E-state index in [4.69, 9.17) is 18.9 Å². The van der Waals surface area contributed by atoms with Crippen LogP contribution in [-0.4, -0.2) is 44.1 Å². The average molecular weight is 380 g/mol. The summed E-state index contributed by atoms with van der Waals surface area (Å²) in [4.78, 5) is 12.1. The van der Waals surface area contributed by atoms with Gasteiger partial charge in [0.15, 0.2) is 0 Å². The van der Waals surface area contributed by atoms with Gasteiger partial charge >= 0.3 is 5.97 Å². The lowest BCUT2D eigenvalue weighted by molar-refractivity contribution is -0.145. The average Bonchev–Trinajstić information content (AvgIpc) is 3.02. The number of ether oxygens (including phenoxy) is 4. The number of rotatable bonds is 11. The maximum Gasteiger partial charge on any atom is 0.309 e. The van der Waals surface area contributed by atoms with Gasteiger partial charge in [-0.15, -0.1) is 0 Å². The van der Waals surface area contributed by atoms with Crippen LogP contribution in [0.5, 0.6) is 17.2 Å². The number of carbonyl (C=O) groups is 1. The van der Waals surface area contributed by atoms with Crippen molar-refractivity contribution in [3.8, 4) is 17.2 Å².